The Labute approximate surface area is 143 Å². The molecule has 0 spiro atoms. The van der Waals surface area contributed by atoms with Crippen molar-refractivity contribution in [3.63, 3.8) is 0 Å². The van der Waals surface area contributed by atoms with Gasteiger partial charge in [0.15, 0.2) is 0 Å². The highest BCUT2D eigenvalue weighted by Crippen LogP contribution is 2.14. The van der Waals surface area contributed by atoms with Crippen molar-refractivity contribution in [3.05, 3.63) is 48.3 Å². The fraction of sp³-hybridized carbons (Fsp3) is 0.444. The molecule has 0 aliphatic heterocycles. The van der Waals surface area contributed by atoms with Crippen molar-refractivity contribution in [1.29, 1.82) is 0 Å². The van der Waals surface area contributed by atoms with Crippen LogP contribution >= 0.6 is 0 Å². The molecule has 2 rings (SSSR count). The predicted molar refractivity (Wildman–Crippen MR) is 94.7 cm³/mol. The summed E-state index contributed by atoms with van der Waals surface area (Å²) in [5.41, 5.74) is 1.74. The highest BCUT2D eigenvalue weighted by molar-refractivity contribution is 5.89. The van der Waals surface area contributed by atoms with Gasteiger partial charge in [-0.05, 0) is 25.3 Å². The number of nitrogens with one attached hydrogen (secondary N) is 1. The second-order valence-corrected chi connectivity index (χ2v) is 5.90. The van der Waals surface area contributed by atoms with Crippen molar-refractivity contribution in [2.75, 3.05) is 11.9 Å². The molecule has 1 heterocycles. The van der Waals surface area contributed by atoms with Crippen LogP contribution < -0.4 is 5.32 Å². The number of urea groups is 1. The quantitative estimate of drug-likeness (QED) is 0.781. The van der Waals surface area contributed by atoms with Crippen LogP contribution in [-0.2, 0) is 13.1 Å². The van der Waals surface area contributed by atoms with Crippen LogP contribution in [0.3, 0.4) is 0 Å². The molecule has 2 amide bonds. The van der Waals surface area contributed by atoms with Crippen molar-refractivity contribution in [2.24, 2.45) is 0 Å². The van der Waals surface area contributed by atoms with E-state index >= 15 is 0 Å². The highest BCUT2D eigenvalue weighted by atomic mass is 16.3. The standard InChI is InChI=1S/C18H26N4O2/c1-3-10-21-14-17(12-19-21)20-18(24)22(15(2)9-11-23)13-16-7-5-4-6-8-16/h4-8,12,14-15,23H,3,9-11,13H2,1-2H3,(H,20,24). The average molecular weight is 330 g/mol. The Morgan fingerprint density at radius 3 is 2.79 bits per heavy atom. The highest BCUT2D eigenvalue weighted by Gasteiger charge is 2.20. The van der Waals surface area contributed by atoms with Gasteiger partial charge in [0.25, 0.3) is 0 Å². The monoisotopic (exact) mass is 330 g/mol. The summed E-state index contributed by atoms with van der Waals surface area (Å²) in [7, 11) is 0. The Morgan fingerprint density at radius 1 is 1.38 bits per heavy atom. The lowest BCUT2D eigenvalue weighted by molar-refractivity contribution is 0.169. The number of hydrogen-bond acceptors (Lipinski definition) is 3. The van der Waals surface area contributed by atoms with Crippen LogP contribution in [0.2, 0.25) is 0 Å². The molecular formula is C18H26N4O2. The minimum Gasteiger partial charge on any atom is -0.396 e. The average Bonchev–Trinajstić information content (AvgIpc) is 3.01. The number of anilines is 1. The third kappa shape index (κ3) is 5.09. The molecule has 0 aliphatic rings. The fourth-order valence-electron chi connectivity index (χ4n) is 2.53. The molecule has 1 aromatic heterocycles. The summed E-state index contributed by atoms with van der Waals surface area (Å²) in [4.78, 5) is 14.4. The first kappa shape index (κ1) is 18.0. The number of aliphatic hydroxyl groups excluding tert-OH is 1. The second kappa shape index (κ2) is 9.08. The van der Waals surface area contributed by atoms with E-state index in [1.807, 2.05) is 48.1 Å². The number of benzene rings is 1. The summed E-state index contributed by atoms with van der Waals surface area (Å²) in [6.45, 7) is 5.40. The van der Waals surface area contributed by atoms with Crippen LogP contribution in [0.1, 0.15) is 32.3 Å². The predicted octanol–water partition coefficient (Wildman–Crippen LogP) is 3.10. The van der Waals surface area contributed by atoms with E-state index in [0.717, 1.165) is 18.5 Å². The van der Waals surface area contributed by atoms with E-state index in [1.54, 1.807) is 11.1 Å². The lowest BCUT2D eigenvalue weighted by Gasteiger charge is -2.29. The third-order valence-corrected chi connectivity index (χ3v) is 3.87. The molecule has 0 saturated heterocycles. The van der Waals surface area contributed by atoms with E-state index in [0.29, 0.717) is 18.7 Å². The zero-order valence-electron chi connectivity index (χ0n) is 14.4. The Bertz CT molecular complexity index is 627. The number of nitrogens with zero attached hydrogens (tertiary/aromatic N) is 3. The number of aliphatic hydroxyl groups is 1. The lowest BCUT2D eigenvalue weighted by atomic mass is 10.1. The van der Waals surface area contributed by atoms with E-state index in [9.17, 15) is 9.90 Å². The van der Waals surface area contributed by atoms with Crippen LogP contribution in [-0.4, -0.2) is 38.5 Å². The summed E-state index contributed by atoms with van der Waals surface area (Å²) in [6, 6.07) is 9.59. The molecule has 0 saturated carbocycles. The smallest absolute Gasteiger partial charge is 0.322 e. The number of amides is 2. The Balaban J connectivity index is 2.08. The SMILES string of the molecule is CCCn1cc(NC(=O)N(Cc2ccccc2)C(C)CCO)cn1. The molecule has 6 heteroatoms. The van der Waals surface area contributed by atoms with Gasteiger partial charge >= 0.3 is 6.03 Å². The number of aryl methyl sites for hydroxylation is 1. The largest absolute Gasteiger partial charge is 0.396 e. The first-order valence-electron chi connectivity index (χ1n) is 8.39. The topological polar surface area (TPSA) is 70.4 Å². The van der Waals surface area contributed by atoms with E-state index in [4.69, 9.17) is 0 Å². The van der Waals surface area contributed by atoms with Gasteiger partial charge in [0.05, 0.1) is 11.9 Å². The van der Waals surface area contributed by atoms with Gasteiger partial charge in [-0.1, -0.05) is 37.3 Å². The van der Waals surface area contributed by atoms with Gasteiger partial charge in [-0.15, -0.1) is 0 Å². The van der Waals surface area contributed by atoms with Crippen molar-refractivity contribution >= 4 is 11.7 Å². The Kier molecular flexibility index (Phi) is 6.81. The van der Waals surface area contributed by atoms with E-state index < -0.39 is 0 Å². The van der Waals surface area contributed by atoms with Gasteiger partial charge < -0.3 is 15.3 Å². The molecule has 0 radical (unpaired) electrons. The zero-order valence-corrected chi connectivity index (χ0v) is 14.4. The number of carbonyl (C=O) groups is 1. The molecular weight excluding hydrogens is 304 g/mol. The van der Waals surface area contributed by atoms with Crippen LogP contribution in [0, 0.1) is 0 Å². The van der Waals surface area contributed by atoms with Gasteiger partial charge in [-0.3, -0.25) is 4.68 Å². The number of hydrogen-bond donors (Lipinski definition) is 2. The third-order valence-electron chi connectivity index (χ3n) is 3.87. The Morgan fingerprint density at radius 2 is 2.12 bits per heavy atom. The summed E-state index contributed by atoms with van der Waals surface area (Å²) in [5, 5.41) is 16.3. The molecule has 0 fully saturated rings. The van der Waals surface area contributed by atoms with E-state index in [-0.39, 0.29) is 18.7 Å². The molecule has 24 heavy (non-hydrogen) atoms. The van der Waals surface area contributed by atoms with Gasteiger partial charge in [0.2, 0.25) is 0 Å². The summed E-state index contributed by atoms with van der Waals surface area (Å²) in [5.74, 6) is 0. The maximum atomic E-state index is 12.7. The molecule has 1 atom stereocenters. The minimum atomic E-state index is -0.184. The summed E-state index contributed by atoms with van der Waals surface area (Å²) in [6.07, 6.45) is 5.02. The summed E-state index contributed by atoms with van der Waals surface area (Å²) >= 11 is 0. The molecule has 0 aliphatic carbocycles. The maximum Gasteiger partial charge on any atom is 0.322 e. The van der Waals surface area contributed by atoms with E-state index in [2.05, 4.69) is 17.3 Å². The van der Waals surface area contributed by atoms with Gasteiger partial charge in [-0.2, -0.15) is 5.10 Å². The number of aromatic nitrogens is 2. The van der Waals surface area contributed by atoms with Crippen molar-refractivity contribution in [1.82, 2.24) is 14.7 Å². The maximum absolute atomic E-state index is 12.7. The number of carbonyl (C=O) groups excluding carboxylic acids is 1. The molecule has 6 nitrogen and oxygen atoms in total. The van der Waals surface area contributed by atoms with Crippen LogP contribution in [0.4, 0.5) is 10.5 Å². The van der Waals surface area contributed by atoms with Crippen LogP contribution in [0.5, 0.6) is 0 Å². The van der Waals surface area contributed by atoms with Crippen LogP contribution in [0.25, 0.3) is 0 Å². The molecule has 1 unspecified atom stereocenters. The fourth-order valence-corrected chi connectivity index (χ4v) is 2.53. The van der Waals surface area contributed by atoms with E-state index in [1.165, 1.54) is 0 Å². The second-order valence-electron chi connectivity index (χ2n) is 5.90. The van der Waals surface area contributed by atoms with Crippen molar-refractivity contribution < 1.29 is 9.90 Å². The molecule has 1 aromatic carbocycles. The zero-order chi connectivity index (χ0) is 17.4. The molecule has 0 bridgehead atoms. The molecule has 2 N–H and O–H groups in total. The molecule has 2 aromatic rings. The van der Waals surface area contributed by atoms with Crippen LogP contribution in [0.15, 0.2) is 42.7 Å². The van der Waals surface area contributed by atoms with Crippen molar-refractivity contribution in [2.45, 2.75) is 45.8 Å². The number of rotatable bonds is 8. The Hall–Kier alpha value is -2.34. The first-order chi connectivity index (χ1) is 11.6. The van der Waals surface area contributed by atoms with Gasteiger partial charge in [0, 0.05) is 31.9 Å². The minimum absolute atomic E-state index is 0.0498. The van der Waals surface area contributed by atoms with Gasteiger partial charge in [0.1, 0.15) is 0 Å². The molecule has 130 valence electrons. The van der Waals surface area contributed by atoms with Gasteiger partial charge in [-0.25, -0.2) is 4.79 Å². The summed E-state index contributed by atoms with van der Waals surface area (Å²) < 4.78 is 1.81. The first-order valence-corrected chi connectivity index (χ1v) is 8.39. The van der Waals surface area contributed by atoms with Crippen molar-refractivity contribution in [3.8, 4) is 0 Å². The lowest BCUT2D eigenvalue weighted by Crippen LogP contribution is -2.41. The normalized spacial score (nSPS) is 12.0.